The van der Waals surface area contributed by atoms with Gasteiger partial charge in [0.15, 0.2) is 0 Å². The first-order chi connectivity index (χ1) is 16.6. The van der Waals surface area contributed by atoms with Crippen LogP contribution in [-0.2, 0) is 19.2 Å². The van der Waals surface area contributed by atoms with Crippen LogP contribution >= 0.6 is 11.8 Å². The van der Waals surface area contributed by atoms with Gasteiger partial charge in [-0.3, -0.25) is 24.4 Å². The number of unbranched alkanes of at least 4 members (excludes halogenated alkanes) is 1. The normalized spacial score (nSPS) is 13.4. The second kappa shape index (κ2) is 16.0. The molecular formula is C24H38N4O6S. The van der Waals surface area contributed by atoms with Gasteiger partial charge in [-0.15, -0.1) is 11.8 Å². The van der Waals surface area contributed by atoms with E-state index in [1.165, 1.54) is 37.9 Å². The summed E-state index contributed by atoms with van der Waals surface area (Å²) in [6.45, 7) is 5.77. The molecule has 4 amide bonds. The summed E-state index contributed by atoms with van der Waals surface area (Å²) in [5.41, 5.74) is 1.68. The molecular weight excluding hydrogens is 472 g/mol. The highest BCUT2D eigenvalue weighted by Crippen LogP contribution is 2.29. The van der Waals surface area contributed by atoms with E-state index in [0.717, 1.165) is 4.90 Å². The Labute approximate surface area is 211 Å². The third-order valence-corrected chi connectivity index (χ3v) is 6.57. The summed E-state index contributed by atoms with van der Waals surface area (Å²) in [5, 5.41) is 26.9. The van der Waals surface area contributed by atoms with Crippen LogP contribution in [0, 0.1) is 17.8 Å². The number of carbonyl (C=O) groups is 4. The molecule has 0 radical (unpaired) electrons. The molecule has 196 valence electrons. The molecule has 10 nitrogen and oxygen atoms in total. The molecule has 0 aliphatic carbocycles. The molecule has 0 fully saturated rings. The number of carbonyl (C=O) groups excluding carboxylic acids is 4. The van der Waals surface area contributed by atoms with Gasteiger partial charge in [-0.1, -0.05) is 13.8 Å². The van der Waals surface area contributed by atoms with E-state index in [2.05, 4.69) is 16.0 Å². The van der Waals surface area contributed by atoms with E-state index < -0.39 is 29.7 Å². The van der Waals surface area contributed by atoms with Crippen LogP contribution in [0.2, 0.25) is 0 Å². The highest BCUT2D eigenvalue weighted by atomic mass is 32.2. The van der Waals surface area contributed by atoms with Crippen molar-refractivity contribution in [2.24, 2.45) is 17.8 Å². The van der Waals surface area contributed by atoms with E-state index >= 15 is 0 Å². The third kappa shape index (κ3) is 11.5. The van der Waals surface area contributed by atoms with Crippen molar-refractivity contribution in [2.45, 2.75) is 57.4 Å². The molecule has 0 aromatic heterocycles. The molecule has 0 aliphatic heterocycles. The minimum atomic E-state index is -0.855. The zero-order valence-corrected chi connectivity index (χ0v) is 21.6. The predicted molar refractivity (Wildman–Crippen MR) is 134 cm³/mol. The Kier molecular flexibility index (Phi) is 13.8. The molecule has 11 heteroatoms. The average molecular weight is 511 g/mol. The number of aromatic hydroxyl groups is 1. The van der Waals surface area contributed by atoms with E-state index in [1.807, 2.05) is 13.8 Å². The van der Waals surface area contributed by atoms with Crippen molar-refractivity contribution in [2.75, 3.05) is 19.3 Å². The number of likely N-dealkylation sites (N-methyl/N-ethyl adjacent to an activating group) is 1. The van der Waals surface area contributed by atoms with Crippen molar-refractivity contribution < 1.29 is 29.5 Å². The van der Waals surface area contributed by atoms with Crippen molar-refractivity contribution in [3.05, 3.63) is 24.3 Å². The van der Waals surface area contributed by atoms with Crippen LogP contribution in [0.25, 0.3) is 0 Å². The monoisotopic (exact) mass is 510 g/mol. The second-order valence-electron chi connectivity index (χ2n) is 8.78. The zero-order valence-electron chi connectivity index (χ0n) is 20.8. The topological polar surface area (TPSA) is 157 Å². The van der Waals surface area contributed by atoms with Crippen LogP contribution in [0.3, 0.4) is 0 Å². The summed E-state index contributed by atoms with van der Waals surface area (Å²) >= 11 is 1.33. The molecule has 1 aromatic rings. The first-order valence-electron chi connectivity index (χ1n) is 11.7. The van der Waals surface area contributed by atoms with Gasteiger partial charge in [0.05, 0.1) is 11.8 Å². The van der Waals surface area contributed by atoms with Crippen molar-refractivity contribution in [3.8, 4) is 5.75 Å². The van der Waals surface area contributed by atoms with Crippen molar-refractivity contribution >= 4 is 35.4 Å². The number of hydrogen-bond acceptors (Lipinski definition) is 7. The minimum Gasteiger partial charge on any atom is -0.508 e. The smallest absolute Gasteiger partial charge is 0.248 e. The number of phenols is 1. The lowest BCUT2D eigenvalue weighted by molar-refractivity contribution is -0.140. The molecule has 3 atom stereocenters. The Morgan fingerprint density at radius 3 is 2.17 bits per heavy atom. The van der Waals surface area contributed by atoms with Crippen LogP contribution in [0.15, 0.2) is 29.2 Å². The Hall–Kier alpha value is -2.79. The van der Waals surface area contributed by atoms with E-state index in [-0.39, 0.29) is 29.2 Å². The fourth-order valence-electron chi connectivity index (χ4n) is 3.61. The highest BCUT2D eigenvalue weighted by Gasteiger charge is 2.36. The third-order valence-electron chi connectivity index (χ3n) is 5.43. The Morgan fingerprint density at radius 2 is 1.63 bits per heavy atom. The largest absolute Gasteiger partial charge is 0.508 e. The summed E-state index contributed by atoms with van der Waals surface area (Å²) in [6.07, 6.45) is 2.00. The Balaban J connectivity index is 2.98. The summed E-state index contributed by atoms with van der Waals surface area (Å²) in [6, 6.07) is 5.67. The fraction of sp³-hybridized carbons (Fsp3) is 0.583. The zero-order chi connectivity index (χ0) is 26.4. The van der Waals surface area contributed by atoms with Gasteiger partial charge in [0, 0.05) is 31.2 Å². The number of amides is 4. The molecule has 6 N–H and O–H groups in total. The number of nitrogens with one attached hydrogen (secondary N) is 4. The summed E-state index contributed by atoms with van der Waals surface area (Å²) in [5.74, 6) is -2.81. The lowest BCUT2D eigenvalue weighted by Crippen LogP contribution is -2.50. The number of rotatable bonds is 15. The van der Waals surface area contributed by atoms with Crippen LogP contribution in [0.5, 0.6) is 5.75 Å². The number of hydroxylamine groups is 1. The quantitative estimate of drug-likeness (QED) is 0.0909. The van der Waals surface area contributed by atoms with Gasteiger partial charge in [0.1, 0.15) is 11.8 Å². The second-order valence-corrected chi connectivity index (χ2v) is 9.87. The van der Waals surface area contributed by atoms with Gasteiger partial charge in [0.2, 0.25) is 23.6 Å². The lowest BCUT2D eigenvalue weighted by atomic mass is 9.84. The van der Waals surface area contributed by atoms with Gasteiger partial charge >= 0.3 is 0 Å². The number of hydrogen-bond donors (Lipinski definition) is 6. The lowest BCUT2D eigenvalue weighted by Gasteiger charge is -2.28. The van der Waals surface area contributed by atoms with Gasteiger partial charge < -0.3 is 21.1 Å². The molecule has 0 bridgehead atoms. The highest BCUT2D eigenvalue weighted by molar-refractivity contribution is 7.99. The molecule has 1 aromatic carbocycles. The number of phenolic OH excluding ortho intramolecular Hbond substituents is 1. The molecule has 35 heavy (non-hydrogen) atoms. The van der Waals surface area contributed by atoms with E-state index in [0.29, 0.717) is 32.2 Å². The predicted octanol–water partition coefficient (Wildman–Crippen LogP) is 1.81. The maximum atomic E-state index is 13.4. The molecule has 0 saturated carbocycles. The summed E-state index contributed by atoms with van der Waals surface area (Å²) in [4.78, 5) is 50.2. The average Bonchev–Trinajstić information content (AvgIpc) is 2.82. The minimum absolute atomic E-state index is 0.0783. The van der Waals surface area contributed by atoms with Crippen LogP contribution < -0.4 is 21.4 Å². The van der Waals surface area contributed by atoms with Gasteiger partial charge in [0.25, 0.3) is 0 Å². The van der Waals surface area contributed by atoms with Gasteiger partial charge in [-0.05, 0) is 55.9 Å². The van der Waals surface area contributed by atoms with E-state index in [1.54, 1.807) is 17.6 Å². The van der Waals surface area contributed by atoms with Crippen molar-refractivity contribution in [3.63, 3.8) is 0 Å². The van der Waals surface area contributed by atoms with Crippen LogP contribution in [-0.4, -0.2) is 59.3 Å². The number of benzene rings is 1. The Morgan fingerprint density at radius 1 is 0.971 bits per heavy atom. The van der Waals surface area contributed by atoms with Gasteiger partial charge in [-0.2, -0.15) is 0 Å². The van der Waals surface area contributed by atoms with Crippen LogP contribution in [0.1, 0.15) is 46.5 Å². The maximum Gasteiger partial charge on any atom is 0.248 e. The Bertz CT molecular complexity index is 834. The van der Waals surface area contributed by atoms with Crippen LogP contribution in [0.4, 0.5) is 0 Å². The molecule has 0 aliphatic rings. The standard InChI is InChI=1S/C24H38N4O6S/c1-15(2)13-19(20(23(32)28-34)14-35-18-10-8-17(30)9-11-18)22(31)27-21(24(33)25-4)7-5-6-12-26-16(3)29/h8-11,15,19-21,30,34H,5-7,12-14H2,1-4H3,(H,25,33)(H,26,29)(H,27,31)(H,28,32). The number of thioether (sulfide) groups is 1. The molecule has 0 spiro atoms. The molecule has 3 unspecified atom stereocenters. The van der Waals surface area contributed by atoms with Gasteiger partial charge in [-0.25, -0.2) is 5.48 Å². The van der Waals surface area contributed by atoms with Crippen molar-refractivity contribution in [1.82, 2.24) is 21.4 Å². The molecule has 0 saturated heterocycles. The summed E-state index contributed by atoms with van der Waals surface area (Å²) in [7, 11) is 1.49. The summed E-state index contributed by atoms with van der Waals surface area (Å²) < 4.78 is 0. The van der Waals surface area contributed by atoms with E-state index in [9.17, 15) is 29.5 Å². The maximum absolute atomic E-state index is 13.4. The first-order valence-corrected chi connectivity index (χ1v) is 12.7. The van der Waals surface area contributed by atoms with Crippen molar-refractivity contribution in [1.29, 1.82) is 0 Å². The fourth-order valence-corrected chi connectivity index (χ4v) is 4.69. The molecule has 1 rings (SSSR count). The first kappa shape index (κ1) is 30.2. The molecule has 0 heterocycles. The SMILES string of the molecule is CNC(=O)C(CCCCNC(C)=O)NC(=O)C(CC(C)C)C(CSc1ccc(O)cc1)C(=O)NO. The van der Waals surface area contributed by atoms with E-state index in [4.69, 9.17) is 0 Å².